The van der Waals surface area contributed by atoms with Crippen molar-refractivity contribution in [2.24, 2.45) is 18.0 Å². The van der Waals surface area contributed by atoms with Crippen molar-refractivity contribution < 1.29 is 0 Å². The molecule has 138 valence electrons. The summed E-state index contributed by atoms with van der Waals surface area (Å²) in [6.07, 6.45) is 1.80. The zero-order chi connectivity index (χ0) is 17.4. The van der Waals surface area contributed by atoms with E-state index in [0.29, 0.717) is 18.4 Å². The van der Waals surface area contributed by atoms with E-state index in [4.69, 9.17) is 0 Å². The molecular weight excluding hydrogens is 425 g/mol. The molecule has 0 fully saturated rings. The molecule has 1 aromatic heterocycles. The van der Waals surface area contributed by atoms with Crippen LogP contribution in [0.1, 0.15) is 37.9 Å². The minimum absolute atomic E-state index is 0. The molecule has 2 N–H and O–H groups in total. The van der Waals surface area contributed by atoms with E-state index in [1.54, 1.807) is 6.20 Å². The first-order chi connectivity index (χ1) is 11.6. The van der Waals surface area contributed by atoms with E-state index in [2.05, 4.69) is 71.8 Å². The fourth-order valence-corrected chi connectivity index (χ4v) is 2.70. The Morgan fingerprint density at radius 1 is 1.16 bits per heavy atom. The van der Waals surface area contributed by atoms with Gasteiger partial charge in [-0.1, -0.05) is 44.2 Å². The molecule has 0 saturated carbocycles. The molecule has 1 heterocycles. The van der Waals surface area contributed by atoms with Gasteiger partial charge in [-0.05, 0) is 24.5 Å². The third kappa shape index (κ3) is 6.68. The summed E-state index contributed by atoms with van der Waals surface area (Å²) in [5.74, 6) is 1.85. The maximum absolute atomic E-state index is 4.68. The van der Waals surface area contributed by atoms with Gasteiger partial charge in [-0.3, -0.25) is 4.68 Å². The number of nitrogens with zero attached hydrogens (tertiary/aromatic N) is 3. The van der Waals surface area contributed by atoms with Crippen LogP contribution in [0.3, 0.4) is 0 Å². The van der Waals surface area contributed by atoms with Gasteiger partial charge in [0.15, 0.2) is 5.96 Å². The van der Waals surface area contributed by atoms with Crippen molar-refractivity contribution in [1.82, 2.24) is 20.4 Å². The Morgan fingerprint density at radius 2 is 1.88 bits per heavy atom. The molecule has 2 rings (SSSR count). The van der Waals surface area contributed by atoms with Crippen molar-refractivity contribution in [2.75, 3.05) is 13.1 Å². The fourth-order valence-electron chi connectivity index (χ4n) is 2.70. The molecule has 0 radical (unpaired) electrons. The summed E-state index contributed by atoms with van der Waals surface area (Å²) in [5.41, 5.74) is 2.46. The highest BCUT2D eigenvalue weighted by Gasteiger charge is 2.16. The maximum Gasteiger partial charge on any atom is 0.191 e. The van der Waals surface area contributed by atoms with E-state index in [1.165, 1.54) is 5.56 Å². The first-order valence-electron chi connectivity index (χ1n) is 8.65. The number of aromatic nitrogens is 2. The highest BCUT2D eigenvalue weighted by Crippen LogP contribution is 2.23. The highest BCUT2D eigenvalue weighted by molar-refractivity contribution is 14.0. The number of aliphatic imine (C=N–C) groups is 1. The molecule has 5 nitrogen and oxygen atoms in total. The molecule has 6 heteroatoms. The molecule has 1 unspecified atom stereocenters. The fraction of sp³-hybridized carbons (Fsp3) is 0.474. The van der Waals surface area contributed by atoms with Gasteiger partial charge in [0.1, 0.15) is 0 Å². The number of hydrogen-bond acceptors (Lipinski definition) is 2. The number of hydrogen-bond donors (Lipinski definition) is 2. The summed E-state index contributed by atoms with van der Waals surface area (Å²) >= 11 is 0. The highest BCUT2D eigenvalue weighted by atomic mass is 127. The molecular formula is C19H30IN5. The van der Waals surface area contributed by atoms with Crippen molar-refractivity contribution in [3.63, 3.8) is 0 Å². The van der Waals surface area contributed by atoms with Gasteiger partial charge in [0.05, 0.1) is 12.2 Å². The van der Waals surface area contributed by atoms with Crippen LogP contribution < -0.4 is 10.6 Å². The normalized spacial score (nSPS) is 12.6. The van der Waals surface area contributed by atoms with Gasteiger partial charge < -0.3 is 10.6 Å². The van der Waals surface area contributed by atoms with E-state index < -0.39 is 0 Å². The van der Waals surface area contributed by atoms with Crippen LogP contribution in [0.25, 0.3) is 0 Å². The second-order valence-corrected chi connectivity index (χ2v) is 6.28. The standard InChI is InChI=1S/C19H29N5.HI/c1-5-20-19(21-13-17-11-12-23-24(17)4)22-14-18(15(2)3)16-9-7-6-8-10-16;/h6-12,15,18H,5,13-14H2,1-4H3,(H2,20,21,22);1H. The molecule has 0 aliphatic rings. The quantitative estimate of drug-likeness (QED) is 0.382. The third-order valence-electron chi connectivity index (χ3n) is 4.19. The van der Waals surface area contributed by atoms with Crippen LogP contribution in [0.2, 0.25) is 0 Å². The first kappa shape index (κ1) is 21.5. The molecule has 0 spiro atoms. The lowest BCUT2D eigenvalue weighted by molar-refractivity contribution is 0.488. The molecule has 0 aliphatic carbocycles. The summed E-state index contributed by atoms with van der Waals surface area (Å²) in [7, 11) is 1.94. The molecule has 25 heavy (non-hydrogen) atoms. The van der Waals surface area contributed by atoms with Crippen molar-refractivity contribution in [2.45, 2.75) is 33.2 Å². The topological polar surface area (TPSA) is 54.2 Å². The number of nitrogens with one attached hydrogen (secondary N) is 2. The SMILES string of the molecule is CCNC(=NCc1ccnn1C)NCC(c1ccccc1)C(C)C.I. The number of aryl methyl sites for hydroxylation is 1. The zero-order valence-electron chi connectivity index (χ0n) is 15.6. The second-order valence-electron chi connectivity index (χ2n) is 6.28. The second kappa shape index (κ2) is 11.1. The van der Waals surface area contributed by atoms with Crippen LogP contribution in [0.4, 0.5) is 0 Å². The number of halogens is 1. The third-order valence-corrected chi connectivity index (χ3v) is 4.19. The van der Waals surface area contributed by atoms with Gasteiger partial charge in [0.25, 0.3) is 0 Å². The molecule has 1 aromatic carbocycles. The molecule has 0 aliphatic heterocycles. The summed E-state index contributed by atoms with van der Waals surface area (Å²) < 4.78 is 1.86. The number of benzene rings is 1. The van der Waals surface area contributed by atoms with E-state index >= 15 is 0 Å². The predicted octanol–water partition coefficient (Wildman–Crippen LogP) is 3.53. The smallest absolute Gasteiger partial charge is 0.191 e. The Labute approximate surface area is 168 Å². The maximum atomic E-state index is 4.68. The van der Waals surface area contributed by atoms with Gasteiger partial charge >= 0.3 is 0 Å². The van der Waals surface area contributed by atoms with Crippen LogP contribution in [0, 0.1) is 5.92 Å². The van der Waals surface area contributed by atoms with Crippen LogP contribution in [-0.2, 0) is 13.6 Å². The van der Waals surface area contributed by atoms with Crippen molar-refractivity contribution in [3.05, 3.63) is 53.9 Å². The number of guanidine groups is 1. The minimum atomic E-state index is 0. The summed E-state index contributed by atoms with van der Waals surface area (Å²) in [4.78, 5) is 4.68. The van der Waals surface area contributed by atoms with Gasteiger partial charge in [0, 0.05) is 32.3 Å². The predicted molar refractivity (Wildman–Crippen MR) is 115 cm³/mol. The number of rotatable bonds is 7. The monoisotopic (exact) mass is 455 g/mol. The summed E-state index contributed by atoms with van der Waals surface area (Å²) in [5, 5.41) is 11.0. The van der Waals surface area contributed by atoms with E-state index in [9.17, 15) is 0 Å². The average molecular weight is 455 g/mol. The van der Waals surface area contributed by atoms with Gasteiger partial charge in [0.2, 0.25) is 0 Å². The lowest BCUT2D eigenvalue weighted by Crippen LogP contribution is -2.40. The minimum Gasteiger partial charge on any atom is -0.357 e. The molecule has 0 bridgehead atoms. The van der Waals surface area contributed by atoms with Gasteiger partial charge in [-0.25, -0.2) is 4.99 Å². The van der Waals surface area contributed by atoms with Crippen LogP contribution in [-0.4, -0.2) is 28.8 Å². The van der Waals surface area contributed by atoms with Crippen molar-refractivity contribution in [3.8, 4) is 0 Å². The zero-order valence-corrected chi connectivity index (χ0v) is 17.9. The molecule has 1 atom stereocenters. The van der Waals surface area contributed by atoms with E-state index in [1.807, 2.05) is 17.8 Å². The summed E-state index contributed by atoms with van der Waals surface area (Å²) in [6.45, 7) is 8.92. The van der Waals surface area contributed by atoms with E-state index in [-0.39, 0.29) is 24.0 Å². The van der Waals surface area contributed by atoms with E-state index in [0.717, 1.165) is 24.7 Å². The molecule has 0 amide bonds. The molecule has 2 aromatic rings. The van der Waals surface area contributed by atoms with Crippen molar-refractivity contribution in [1.29, 1.82) is 0 Å². The first-order valence-corrected chi connectivity index (χ1v) is 8.65. The van der Waals surface area contributed by atoms with Crippen LogP contribution in [0.15, 0.2) is 47.6 Å². The van der Waals surface area contributed by atoms with Crippen LogP contribution in [0.5, 0.6) is 0 Å². The lowest BCUT2D eigenvalue weighted by Gasteiger charge is -2.23. The Hall–Kier alpha value is -1.57. The Balaban J connectivity index is 0.00000312. The van der Waals surface area contributed by atoms with Gasteiger partial charge in [-0.15, -0.1) is 24.0 Å². The van der Waals surface area contributed by atoms with Gasteiger partial charge in [-0.2, -0.15) is 5.10 Å². The van der Waals surface area contributed by atoms with Crippen LogP contribution >= 0.6 is 24.0 Å². The Bertz CT molecular complexity index is 636. The Kier molecular flexibility index (Phi) is 9.55. The average Bonchev–Trinajstić information content (AvgIpc) is 2.98. The molecule has 0 saturated heterocycles. The Morgan fingerprint density at radius 3 is 2.44 bits per heavy atom. The summed E-state index contributed by atoms with van der Waals surface area (Å²) in [6, 6.07) is 12.7. The largest absolute Gasteiger partial charge is 0.357 e. The lowest BCUT2D eigenvalue weighted by atomic mass is 9.88. The van der Waals surface area contributed by atoms with Crippen molar-refractivity contribution >= 4 is 29.9 Å².